The van der Waals surface area contributed by atoms with Crippen LogP contribution in [0.25, 0.3) is 0 Å². The van der Waals surface area contributed by atoms with Gasteiger partial charge in [0.05, 0.1) is 184 Å². The molecular formula is C48H87N5O21. The summed E-state index contributed by atoms with van der Waals surface area (Å²) in [5.41, 5.74) is -0.255. The highest BCUT2D eigenvalue weighted by Gasteiger charge is 2.31. The molecule has 1 aromatic rings. The van der Waals surface area contributed by atoms with E-state index in [0.717, 1.165) is 0 Å². The van der Waals surface area contributed by atoms with E-state index in [4.69, 9.17) is 71.1 Å². The maximum Gasteiger partial charge on any atom is 0.408 e. The van der Waals surface area contributed by atoms with Crippen molar-refractivity contribution in [2.75, 3.05) is 178 Å². The second-order valence-electron chi connectivity index (χ2n) is 16.7. The third-order valence-corrected chi connectivity index (χ3v) is 9.40. The SMILES string of the molecule is CCOC(=O)C(Cc1cn(CCOCCOCCOCCOCCOCCOCCOCCOCCOCCOCCOCCOCCC(=O)NCCCC[C@H](NC(=O)OC(C)(C)C)C(=O)O)nn1)C(=O)OCC. The van der Waals surface area contributed by atoms with E-state index in [1.165, 1.54) is 0 Å². The third-order valence-electron chi connectivity index (χ3n) is 9.40. The summed E-state index contributed by atoms with van der Waals surface area (Å²) in [7, 11) is 0. The summed E-state index contributed by atoms with van der Waals surface area (Å²) in [6, 6.07) is -1.06. The number of amides is 2. The molecule has 0 spiro atoms. The molecule has 1 atom stereocenters. The van der Waals surface area contributed by atoms with E-state index < -0.39 is 41.6 Å². The Kier molecular flexibility index (Phi) is 43.3. The first-order valence-corrected chi connectivity index (χ1v) is 25.5. The highest BCUT2D eigenvalue weighted by atomic mass is 16.6. The van der Waals surface area contributed by atoms with Crippen LogP contribution in [-0.4, -0.2) is 240 Å². The van der Waals surface area contributed by atoms with Gasteiger partial charge in [0.1, 0.15) is 11.6 Å². The van der Waals surface area contributed by atoms with E-state index in [2.05, 4.69) is 20.9 Å². The number of alkyl carbamates (subject to hydrolysis) is 1. The van der Waals surface area contributed by atoms with Gasteiger partial charge in [-0.05, 0) is 53.9 Å². The van der Waals surface area contributed by atoms with Crippen molar-refractivity contribution in [3.8, 4) is 0 Å². The quantitative estimate of drug-likeness (QED) is 0.0360. The fraction of sp³-hybridized carbons (Fsp3) is 0.854. The normalized spacial score (nSPS) is 12.0. The second-order valence-corrected chi connectivity index (χ2v) is 16.7. The number of rotatable bonds is 52. The molecule has 1 heterocycles. The molecule has 0 fully saturated rings. The lowest BCUT2D eigenvalue weighted by molar-refractivity contribution is -0.161. The number of aliphatic carboxylic acids is 1. The summed E-state index contributed by atoms with van der Waals surface area (Å²) >= 11 is 0. The molecular weight excluding hydrogens is 983 g/mol. The monoisotopic (exact) mass is 1070 g/mol. The van der Waals surface area contributed by atoms with Crippen molar-refractivity contribution < 1.29 is 100 Å². The van der Waals surface area contributed by atoms with Crippen molar-refractivity contribution in [1.82, 2.24) is 25.6 Å². The van der Waals surface area contributed by atoms with Crippen molar-refractivity contribution in [3.63, 3.8) is 0 Å². The Morgan fingerprint density at radius 1 is 0.568 bits per heavy atom. The molecule has 0 aliphatic carbocycles. The number of ether oxygens (including phenoxy) is 15. The minimum atomic E-state index is -1.14. The number of carbonyl (C=O) groups is 5. The number of carboxylic acid groups (broad SMARTS) is 1. The maximum atomic E-state index is 12.2. The number of esters is 2. The lowest BCUT2D eigenvalue weighted by atomic mass is 10.0. The summed E-state index contributed by atoms with van der Waals surface area (Å²) in [4.78, 5) is 59.7. The second kappa shape index (κ2) is 47.3. The maximum absolute atomic E-state index is 12.2. The first-order valence-electron chi connectivity index (χ1n) is 25.5. The zero-order valence-electron chi connectivity index (χ0n) is 44.5. The zero-order chi connectivity index (χ0) is 54.2. The van der Waals surface area contributed by atoms with Crippen LogP contribution in [-0.2, 0) is 103 Å². The van der Waals surface area contributed by atoms with Crippen molar-refractivity contribution in [3.05, 3.63) is 11.9 Å². The molecule has 0 saturated carbocycles. The predicted molar refractivity (Wildman–Crippen MR) is 263 cm³/mol. The summed E-state index contributed by atoms with van der Waals surface area (Å²) in [5, 5.41) is 22.5. The van der Waals surface area contributed by atoms with Crippen LogP contribution in [0.15, 0.2) is 6.20 Å². The molecule has 0 bridgehead atoms. The largest absolute Gasteiger partial charge is 0.480 e. The lowest BCUT2D eigenvalue weighted by Crippen LogP contribution is -2.43. The number of aromatic nitrogens is 3. The highest BCUT2D eigenvalue weighted by molar-refractivity contribution is 5.95. The standard InChI is InChI=1S/C48H87N5O21/c1-6-72-45(57)41(46(58)73-7-2)38-40-39-53(52-51-40)13-15-61-17-19-63-21-23-65-25-27-67-29-31-69-33-35-71-37-36-70-34-32-68-30-28-66-26-24-64-22-20-62-18-16-60-14-11-43(54)49-12-9-8-10-42(44(55)56)50-47(59)74-48(3,4)5/h39,41-42H,6-38H2,1-5H3,(H,49,54)(H,50,59)(H,55,56)/t42-/m0/s1. The minimum Gasteiger partial charge on any atom is -0.480 e. The zero-order valence-corrected chi connectivity index (χ0v) is 44.5. The van der Waals surface area contributed by atoms with Gasteiger partial charge in [-0.15, -0.1) is 5.10 Å². The van der Waals surface area contributed by atoms with Crippen molar-refractivity contribution in [2.45, 2.75) is 84.9 Å². The van der Waals surface area contributed by atoms with Gasteiger partial charge in [0.15, 0.2) is 5.92 Å². The topological polar surface area (TPSA) is 299 Å². The predicted octanol–water partition coefficient (Wildman–Crippen LogP) is 1.42. The Morgan fingerprint density at radius 3 is 1.31 bits per heavy atom. The number of hydrogen-bond acceptors (Lipinski definition) is 22. The molecule has 0 radical (unpaired) electrons. The average Bonchev–Trinajstić information content (AvgIpc) is 3.81. The molecule has 430 valence electrons. The Labute approximate surface area is 435 Å². The van der Waals surface area contributed by atoms with Gasteiger partial charge in [0.2, 0.25) is 5.91 Å². The summed E-state index contributed by atoms with van der Waals surface area (Å²) in [5.74, 6) is -3.70. The molecule has 0 aliphatic rings. The van der Waals surface area contributed by atoms with Crippen molar-refractivity contribution >= 4 is 29.9 Å². The number of unbranched alkanes of at least 4 members (excludes halogenated alkanes) is 1. The van der Waals surface area contributed by atoms with Crippen LogP contribution in [0.4, 0.5) is 4.79 Å². The molecule has 26 heteroatoms. The van der Waals surface area contributed by atoms with Gasteiger partial charge in [0, 0.05) is 25.6 Å². The highest BCUT2D eigenvalue weighted by Crippen LogP contribution is 2.12. The smallest absolute Gasteiger partial charge is 0.408 e. The summed E-state index contributed by atoms with van der Waals surface area (Å²) in [6.45, 7) is 19.7. The van der Waals surface area contributed by atoms with Crippen LogP contribution >= 0.6 is 0 Å². The van der Waals surface area contributed by atoms with Gasteiger partial charge in [-0.3, -0.25) is 14.4 Å². The number of hydrogen-bond donors (Lipinski definition) is 3. The Hall–Kier alpha value is -4.19. The third kappa shape index (κ3) is 42.1. The number of carbonyl (C=O) groups excluding carboxylic acids is 4. The lowest BCUT2D eigenvalue weighted by Gasteiger charge is -2.22. The molecule has 0 aromatic carbocycles. The van der Waals surface area contributed by atoms with Gasteiger partial charge < -0.3 is 86.8 Å². The van der Waals surface area contributed by atoms with E-state index in [9.17, 15) is 29.1 Å². The first kappa shape index (κ1) is 67.8. The van der Waals surface area contributed by atoms with Gasteiger partial charge in [-0.2, -0.15) is 0 Å². The van der Waals surface area contributed by atoms with Crippen LogP contribution in [0.5, 0.6) is 0 Å². The molecule has 1 aromatic heterocycles. The van der Waals surface area contributed by atoms with E-state index >= 15 is 0 Å². The van der Waals surface area contributed by atoms with E-state index in [1.807, 2.05) is 0 Å². The molecule has 74 heavy (non-hydrogen) atoms. The van der Waals surface area contributed by atoms with Gasteiger partial charge in [0.25, 0.3) is 0 Å². The summed E-state index contributed by atoms with van der Waals surface area (Å²) < 4.78 is 82.7. The Morgan fingerprint density at radius 2 is 0.946 bits per heavy atom. The Bertz CT molecular complexity index is 1540. The van der Waals surface area contributed by atoms with E-state index in [0.29, 0.717) is 184 Å². The van der Waals surface area contributed by atoms with Crippen LogP contribution in [0.3, 0.4) is 0 Å². The molecule has 3 N–H and O–H groups in total. The molecule has 26 nitrogen and oxygen atoms in total. The summed E-state index contributed by atoms with van der Waals surface area (Å²) in [6.07, 6.45) is 2.38. The molecule has 1 rings (SSSR count). The van der Waals surface area contributed by atoms with Gasteiger partial charge >= 0.3 is 24.0 Å². The number of carboxylic acids is 1. The van der Waals surface area contributed by atoms with Crippen LogP contribution in [0.2, 0.25) is 0 Å². The molecule has 0 saturated heterocycles. The fourth-order valence-corrected chi connectivity index (χ4v) is 5.84. The average molecular weight is 1070 g/mol. The van der Waals surface area contributed by atoms with Gasteiger partial charge in [-0.25, -0.2) is 14.3 Å². The number of nitrogens with zero attached hydrogens (tertiary/aromatic N) is 3. The first-order chi connectivity index (χ1) is 35.9. The molecule has 0 aliphatic heterocycles. The Balaban J connectivity index is 1.75. The number of nitrogens with one attached hydrogen (secondary N) is 2. The van der Waals surface area contributed by atoms with E-state index in [1.54, 1.807) is 45.5 Å². The minimum absolute atomic E-state index is 0.0371. The van der Waals surface area contributed by atoms with Crippen LogP contribution < -0.4 is 10.6 Å². The van der Waals surface area contributed by atoms with Gasteiger partial charge in [-0.1, -0.05) is 5.21 Å². The van der Waals surface area contributed by atoms with Crippen LogP contribution in [0.1, 0.15) is 66.0 Å². The van der Waals surface area contributed by atoms with Crippen molar-refractivity contribution in [2.24, 2.45) is 5.92 Å². The van der Waals surface area contributed by atoms with Crippen LogP contribution in [0, 0.1) is 5.92 Å². The molecule has 2 amide bonds. The fourth-order valence-electron chi connectivity index (χ4n) is 5.84. The molecule has 0 unspecified atom stereocenters. The van der Waals surface area contributed by atoms with E-state index in [-0.39, 0.29) is 45.0 Å². The van der Waals surface area contributed by atoms with Crippen molar-refractivity contribution in [1.29, 1.82) is 0 Å².